The summed E-state index contributed by atoms with van der Waals surface area (Å²) in [5, 5.41) is 7.10. The molecule has 3 aromatic rings. The van der Waals surface area contributed by atoms with Crippen molar-refractivity contribution in [1.29, 1.82) is 0 Å². The van der Waals surface area contributed by atoms with Crippen molar-refractivity contribution in [1.82, 2.24) is 14.9 Å². The molecule has 0 atom stereocenters. The van der Waals surface area contributed by atoms with Gasteiger partial charge in [-0.15, -0.1) is 0 Å². The molecular formula is C22H21F4N3O. The second-order valence-corrected chi connectivity index (χ2v) is 8.08. The monoisotopic (exact) mass is 419 g/mol. The molecule has 2 aromatic heterocycles. The summed E-state index contributed by atoms with van der Waals surface area (Å²) in [6, 6.07) is 6.21. The molecule has 1 aliphatic rings. The number of benzene rings is 1. The Morgan fingerprint density at radius 1 is 1.13 bits per heavy atom. The molecule has 1 N–H and O–H groups in total. The van der Waals surface area contributed by atoms with E-state index in [1.807, 2.05) is 13.8 Å². The largest absolute Gasteiger partial charge is 0.349 e. The highest BCUT2D eigenvalue weighted by molar-refractivity contribution is 5.97. The lowest BCUT2D eigenvalue weighted by atomic mass is 9.88. The zero-order valence-electron chi connectivity index (χ0n) is 16.8. The highest BCUT2D eigenvalue weighted by Crippen LogP contribution is 2.38. The Kier molecular flexibility index (Phi) is 4.83. The first kappa shape index (κ1) is 20.4. The van der Waals surface area contributed by atoms with Crippen LogP contribution in [-0.2, 0) is 0 Å². The topological polar surface area (TPSA) is 46.4 Å². The minimum atomic E-state index is -2.74. The lowest BCUT2D eigenvalue weighted by Crippen LogP contribution is -2.50. The van der Waals surface area contributed by atoms with E-state index in [4.69, 9.17) is 0 Å². The number of carbonyl (C=O) groups excluding carboxylic acids is 1. The molecule has 0 saturated heterocycles. The third-order valence-corrected chi connectivity index (χ3v) is 5.44. The molecule has 1 fully saturated rings. The number of nitrogens with zero attached hydrogens (tertiary/aromatic N) is 2. The lowest BCUT2D eigenvalue weighted by Gasteiger charge is -2.35. The molecule has 0 aliphatic heterocycles. The zero-order chi connectivity index (χ0) is 21.8. The van der Waals surface area contributed by atoms with Crippen LogP contribution in [0.25, 0.3) is 16.6 Å². The van der Waals surface area contributed by atoms with E-state index in [0.29, 0.717) is 28.0 Å². The third-order valence-electron chi connectivity index (χ3n) is 5.44. The molecular weight excluding hydrogens is 398 g/mol. The van der Waals surface area contributed by atoms with Gasteiger partial charge in [0.25, 0.3) is 11.8 Å². The molecule has 0 bridgehead atoms. The molecule has 4 nitrogen and oxygen atoms in total. The van der Waals surface area contributed by atoms with Gasteiger partial charge in [0, 0.05) is 24.4 Å². The number of hydrogen-bond donors (Lipinski definition) is 1. The summed E-state index contributed by atoms with van der Waals surface area (Å²) in [4.78, 5) is 12.8. The summed E-state index contributed by atoms with van der Waals surface area (Å²) in [6.07, 6.45) is -0.759. The van der Waals surface area contributed by atoms with Crippen LogP contribution in [0.15, 0.2) is 30.3 Å². The van der Waals surface area contributed by atoms with Crippen molar-refractivity contribution in [2.45, 2.75) is 51.5 Å². The Morgan fingerprint density at radius 2 is 1.77 bits per heavy atom. The van der Waals surface area contributed by atoms with Gasteiger partial charge in [-0.25, -0.2) is 22.1 Å². The Bertz CT molecular complexity index is 1120. The van der Waals surface area contributed by atoms with E-state index in [2.05, 4.69) is 10.4 Å². The van der Waals surface area contributed by atoms with Gasteiger partial charge < -0.3 is 5.32 Å². The van der Waals surface area contributed by atoms with Gasteiger partial charge in [0.2, 0.25) is 0 Å². The number of alkyl halides is 2. The van der Waals surface area contributed by atoms with E-state index in [1.165, 1.54) is 22.7 Å². The average Bonchev–Trinajstić information content (AvgIpc) is 2.95. The van der Waals surface area contributed by atoms with Crippen LogP contribution in [0.1, 0.15) is 54.4 Å². The van der Waals surface area contributed by atoms with Gasteiger partial charge in [-0.3, -0.25) is 4.79 Å². The molecule has 1 aliphatic carbocycles. The number of hydrogen-bond acceptors (Lipinski definition) is 2. The summed E-state index contributed by atoms with van der Waals surface area (Å²) in [5.74, 6) is -4.76. The first-order valence-corrected chi connectivity index (χ1v) is 9.74. The van der Waals surface area contributed by atoms with Gasteiger partial charge in [-0.05, 0) is 37.1 Å². The fourth-order valence-corrected chi connectivity index (χ4v) is 4.06. The van der Waals surface area contributed by atoms with Crippen molar-refractivity contribution in [3.8, 4) is 11.1 Å². The smallest absolute Gasteiger partial charge is 0.253 e. The molecule has 1 amide bonds. The molecule has 1 aromatic carbocycles. The van der Waals surface area contributed by atoms with Crippen LogP contribution < -0.4 is 5.32 Å². The maximum Gasteiger partial charge on any atom is 0.253 e. The number of aromatic nitrogens is 2. The number of amides is 1. The Hall–Kier alpha value is -2.90. The number of pyridine rings is 1. The number of fused-ring (bicyclic) bond motifs is 1. The summed E-state index contributed by atoms with van der Waals surface area (Å²) in [5.41, 5.74) is 1.87. The minimum absolute atomic E-state index is 0.158. The zero-order valence-corrected chi connectivity index (χ0v) is 16.8. The van der Waals surface area contributed by atoms with Gasteiger partial charge in [-0.1, -0.05) is 19.9 Å². The lowest BCUT2D eigenvalue weighted by molar-refractivity contribution is -0.0901. The van der Waals surface area contributed by atoms with Gasteiger partial charge >= 0.3 is 0 Å². The van der Waals surface area contributed by atoms with Crippen LogP contribution >= 0.6 is 0 Å². The fourth-order valence-electron chi connectivity index (χ4n) is 4.06. The predicted molar refractivity (Wildman–Crippen MR) is 105 cm³/mol. The molecule has 0 unspecified atom stereocenters. The molecule has 1 saturated carbocycles. The van der Waals surface area contributed by atoms with Gasteiger partial charge in [0.05, 0.1) is 28.0 Å². The number of carbonyl (C=O) groups is 1. The van der Waals surface area contributed by atoms with E-state index < -0.39 is 29.5 Å². The first-order valence-electron chi connectivity index (χ1n) is 9.74. The molecule has 8 heteroatoms. The van der Waals surface area contributed by atoms with E-state index in [-0.39, 0.29) is 24.3 Å². The van der Waals surface area contributed by atoms with Gasteiger partial charge in [-0.2, -0.15) is 5.10 Å². The normalized spacial score (nSPS) is 16.1. The summed E-state index contributed by atoms with van der Waals surface area (Å²) in [7, 11) is 0. The average molecular weight is 419 g/mol. The number of halogens is 4. The standard InChI is InChI=1S/C22H21F4N3O/c1-11(2)20-14(21(30)27-13-9-22(25,26)10-13)7-8-17-18(12(3)28-29(17)20)19-15(23)5-4-6-16(19)24/h4-8,11,13H,9-10H2,1-3H3,(H,27,30). The van der Waals surface area contributed by atoms with Crippen LogP contribution in [-0.4, -0.2) is 27.5 Å². The summed E-state index contributed by atoms with van der Waals surface area (Å²) >= 11 is 0. The van der Waals surface area contributed by atoms with Crippen molar-refractivity contribution in [3.05, 3.63) is 58.9 Å². The number of aryl methyl sites for hydroxylation is 1. The maximum absolute atomic E-state index is 14.4. The predicted octanol–water partition coefficient (Wildman–Crippen LogP) is 5.24. The molecule has 158 valence electrons. The highest BCUT2D eigenvalue weighted by atomic mass is 19.3. The van der Waals surface area contributed by atoms with E-state index >= 15 is 0 Å². The van der Waals surface area contributed by atoms with Crippen molar-refractivity contribution in [2.24, 2.45) is 0 Å². The van der Waals surface area contributed by atoms with Crippen molar-refractivity contribution >= 4 is 11.4 Å². The number of rotatable bonds is 4. The van der Waals surface area contributed by atoms with Crippen LogP contribution in [0.5, 0.6) is 0 Å². The van der Waals surface area contributed by atoms with Gasteiger partial charge in [0.1, 0.15) is 11.6 Å². The SMILES string of the molecule is Cc1nn2c(C(C)C)c(C(=O)NC3CC(F)(F)C3)ccc2c1-c1c(F)cccc1F. The van der Waals surface area contributed by atoms with Crippen molar-refractivity contribution < 1.29 is 22.4 Å². The maximum atomic E-state index is 14.4. The molecule has 0 radical (unpaired) electrons. The number of nitrogens with one attached hydrogen (secondary N) is 1. The van der Waals surface area contributed by atoms with E-state index in [1.54, 1.807) is 19.1 Å². The Labute approximate surface area is 170 Å². The molecule has 0 spiro atoms. The van der Waals surface area contributed by atoms with Crippen molar-refractivity contribution in [2.75, 3.05) is 0 Å². The summed E-state index contributed by atoms with van der Waals surface area (Å²) < 4.78 is 56.6. The summed E-state index contributed by atoms with van der Waals surface area (Å²) in [6.45, 7) is 5.38. The van der Waals surface area contributed by atoms with Crippen molar-refractivity contribution in [3.63, 3.8) is 0 Å². The molecule has 4 rings (SSSR count). The highest BCUT2D eigenvalue weighted by Gasteiger charge is 2.46. The first-order chi connectivity index (χ1) is 14.1. The van der Waals surface area contributed by atoms with E-state index in [9.17, 15) is 22.4 Å². The fraction of sp³-hybridized carbons (Fsp3) is 0.364. The van der Waals surface area contributed by atoms with Crippen LogP contribution in [0.3, 0.4) is 0 Å². The quantitative estimate of drug-likeness (QED) is 0.588. The second kappa shape index (κ2) is 7.11. The molecule has 2 heterocycles. The minimum Gasteiger partial charge on any atom is -0.349 e. The van der Waals surface area contributed by atoms with E-state index in [0.717, 1.165) is 0 Å². The van der Waals surface area contributed by atoms with Crippen LogP contribution in [0, 0.1) is 18.6 Å². The molecule has 30 heavy (non-hydrogen) atoms. The Balaban J connectivity index is 1.82. The third kappa shape index (κ3) is 3.34. The Morgan fingerprint density at radius 3 is 2.33 bits per heavy atom. The van der Waals surface area contributed by atoms with Gasteiger partial charge in [0.15, 0.2) is 0 Å². The second-order valence-electron chi connectivity index (χ2n) is 8.08. The van der Waals surface area contributed by atoms with Crippen LogP contribution in [0.4, 0.5) is 17.6 Å². The van der Waals surface area contributed by atoms with Crippen LogP contribution in [0.2, 0.25) is 0 Å².